The Bertz CT molecular complexity index is 466. The maximum atomic E-state index is 11.1. The Hall–Kier alpha value is -1.46. The lowest BCUT2D eigenvalue weighted by molar-refractivity contribution is 0.0908. The number of aliphatic hydroxyl groups is 1. The third kappa shape index (κ3) is 1.36. The summed E-state index contributed by atoms with van der Waals surface area (Å²) in [5.41, 5.74) is 0.495. The molecule has 2 aromatic heterocycles. The number of aldehydes is 1. The number of H-pyrrole nitrogens is 1. The Kier molecular flexibility index (Phi) is 2.18. The molecule has 0 aliphatic carbocycles. The summed E-state index contributed by atoms with van der Waals surface area (Å²) >= 11 is 1.24. The second kappa shape index (κ2) is 3.36. The largest absolute Gasteiger partial charge is 0.388 e. The minimum absolute atomic E-state index is 0.299. The second-order valence-electron chi connectivity index (χ2n) is 2.82. The van der Waals surface area contributed by atoms with E-state index < -0.39 is 6.61 Å². The lowest BCUT2D eigenvalue weighted by Crippen LogP contribution is -2.00. The predicted octanol–water partition coefficient (Wildman–Crippen LogP) is 1.22. The molecule has 0 aliphatic heterocycles. The summed E-state index contributed by atoms with van der Waals surface area (Å²) in [5.74, 6) is -0.299. The molecule has 0 aliphatic rings. The lowest BCUT2D eigenvalue weighted by atomic mass is 10.3. The molecule has 0 spiro atoms. The fourth-order valence-corrected chi connectivity index (χ4v) is 2.21. The van der Waals surface area contributed by atoms with E-state index in [0.717, 1.165) is 16.5 Å². The lowest BCUT2D eigenvalue weighted by Gasteiger charge is -1.87. The number of ketones is 1. The molecule has 14 heavy (non-hydrogen) atoms. The molecule has 0 aromatic carbocycles. The zero-order chi connectivity index (χ0) is 10.1. The molecule has 0 fully saturated rings. The number of aliphatic hydroxyl groups excluding tert-OH is 1. The van der Waals surface area contributed by atoms with Crippen molar-refractivity contribution in [2.45, 2.75) is 0 Å². The van der Waals surface area contributed by atoms with Crippen molar-refractivity contribution in [3.05, 3.63) is 22.7 Å². The van der Waals surface area contributed by atoms with Crippen LogP contribution in [-0.4, -0.2) is 28.8 Å². The number of carbonyl (C=O) groups excluding carboxylic acids is 2. The molecule has 0 atom stereocenters. The smallest absolute Gasteiger partial charge is 0.198 e. The first kappa shape index (κ1) is 9.11. The number of rotatable bonds is 3. The van der Waals surface area contributed by atoms with Crippen molar-refractivity contribution < 1.29 is 14.7 Å². The highest BCUT2D eigenvalue weighted by atomic mass is 32.1. The predicted molar refractivity (Wildman–Crippen MR) is 53.0 cm³/mol. The van der Waals surface area contributed by atoms with Crippen LogP contribution in [-0.2, 0) is 0 Å². The van der Waals surface area contributed by atoms with Gasteiger partial charge in [-0.25, -0.2) is 0 Å². The van der Waals surface area contributed by atoms with E-state index in [2.05, 4.69) is 4.98 Å². The molecule has 72 valence electrons. The van der Waals surface area contributed by atoms with Gasteiger partial charge in [-0.1, -0.05) is 0 Å². The van der Waals surface area contributed by atoms with Crippen LogP contribution in [0.15, 0.2) is 12.1 Å². The fourth-order valence-electron chi connectivity index (χ4n) is 1.22. The van der Waals surface area contributed by atoms with Crippen LogP contribution < -0.4 is 0 Å². The summed E-state index contributed by atoms with van der Waals surface area (Å²) in [6.45, 7) is -0.482. The van der Waals surface area contributed by atoms with E-state index in [1.807, 2.05) is 0 Å². The van der Waals surface area contributed by atoms with Crippen molar-refractivity contribution in [1.29, 1.82) is 0 Å². The van der Waals surface area contributed by atoms with E-state index in [1.165, 1.54) is 11.3 Å². The monoisotopic (exact) mass is 209 g/mol. The molecule has 2 rings (SSSR count). The Morgan fingerprint density at radius 3 is 2.93 bits per heavy atom. The van der Waals surface area contributed by atoms with Crippen molar-refractivity contribution >= 4 is 33.6 Å². The second-order valence-corrected chi connectivity index (χ2v) is 3.87. The van der Waals surface area contributed by atoms with Gasteiger partial charge in [0.05, 0.1) is 10.6 Å². The topological polar surface area (TPSA) is 70.2 Å². The SMILES string of the molecule is O=Cc1cc2cc(C(=O)CO)sc2[nH]1. The molecule has 2 N–H and O–H groups in total. The summed E-state index contributed by atoms with van der Waals surface area (Å²) in [6, 6.07) is 3.34. The van der Waals surface area contributed by atoms with Crippen molar-refractivity contribution in [1.82, 2.24) is 4.98 Å². The van der Waals surface area contributed by atoms with Gasteiger partial charge in [0, 0.05) is 5.39 Å². The van der Waals surface area contributed by atoms with Gasteiger partial charge in [-0.05, 0) is 12.1 Å². The molecule has 0 radical (unpaired) electrons. The van der Waals surface area contributed by atoms with Crippen LogP contribution in [0.5, 0.6) is 0 Å². The quantitative estimate of drug-likeness (QED) is 0.589. The highest BCUT2D eigenvalue weighted by Gasteiger charge is 2.10. The Balaban J connectivity index is 2.49. The van der Waals surface area contributed by atoms with Crippen LogP contribution in [0.4, 0.5) is 0 Å². The van der Waals surface area contributed by atoms with E-state index >= 15 is 0 Å². The Morgan fingerprint density at radius 2 is 2.36 bits per heavy atom. The molecular weight excluding hydrogens is 202 g/mol. The molecular formula is C9H7NO3S. The molecule has 0 saturated heterocycles. The van der Waals surface area contributed by atoms with E-state index in [-0.39, 0.29) is 5.78 Å². The molecule has 0 saturated carbocycles. The zero-order valence-corrected chi connectivity index (χ0v) is 7.93. The normalized spacial score (nSPS) is 10.6. The van der Waals surface area contributed by atoms with Gasteiger partial charge in [0.1, 0.15) is 11.4 Å². The molecule has 0 amide bonds. The number of nitrogens with one attached hydrogen (secondary N) is 1. The van der Waals surface area contributed by atoms with Gasteiger partial charge in [0.15, 0.2) is 12.1 Å². The minimum Gasteiger partial charge on any atom is -0.388 e. The molecule has 0 bridgehead atoms. The molecule has 5 heteroatoms. The molecule has 0 unspecified atom stereocenters. The van der Waals surface area contributed by atoms with E-state index in [0.29, 0.717) is 10.6 Å². The third-order valence-electron chi connectivity index (χ3n) is 1.88. The Labute approximate surface area is 83.2 Å². The van der Waals surface area contributed by atoms with E-state index in [1.54, 1.807) is 12.1 Å². The average Bonchev–Trinajstić information content (AvgIpc) is 2.72. The van der Waals surface area contributed by atoms with Crippen molar-refractivity contribution in [3.8, 4) is 0 Å². The number of thiophene rings is 1. The van der Waals surface area contributed by atoms with E-state index in [4.69, 9.17) is 5.11 Å². The summed E-state index contributed by atoms with van der Waals surface area (Å²) in [7, 11) is 0. The van der Waals surface area contributed by atoms with Gasteiger partial charge in [-0.2, -0.15) is 0 Å². The first-order valence-corrected chi connectivity index (χ1v) is 4.78. The van der Waals surface area contributed by atoms with Gasteiger partial charge in [-0.15, -0.1) is 11.3 Å². The van der Waals surface area contributed by atoms with Gasteiger partial charge >= 0.3 is 0 Å². The fraction of sp³-hybridized carbons (Fsp3) is 0.111. The van der Waals surface area contributed by atoms with Gasteiger partial charge in [0.2, 0.25) is 0 Å². The molecule has 4 nitrogen and oxygen atoms in total. The highest BCUT2D eigenvalue weighted by Crippen LogP contribution is 2.25. The minimum atomic E-state index is -0.482. The van der Waals surface area contributed by atoms with Crippen molar-refractivity contribution in [2.24, 2.45) is 0 Å². The van der Waals surface area contributed by atoms with Crippen LogP contribution in [0, 0.1) is 0 Å². The summed E-state index contributed by atoms with van der Waals surface area (Å²) < 4.78 is 0. The molecule has 2 heterocycles. The van der Waals surface area contributed by atoms with Crippen LogP contribution in [0.25, 0.3) is 10.2 Å². The summed E-state index contributed by atoms with van der Waals surface area (Å²) in [4.78, 5) is 25.7. The zero-order valence-electron chi connectivity index (χ0n) is 7.11. The first-order valence-electron chi connectivity index (χ1n) is 3.96. The number of Topliss-reactive ketones (excluding diaryl/α,β-unsaturated/α-hetero) is 1. The first-order chi connectivity index (χ1) is 6.74. The van der Waals surface area contributed by atoms with Gasteiger partial charge in [0.25, 0.3) is 0 Å². The summed E-state index contributed by atoms with van der Waals surface area (Å²) in [6.07, 6.45) is 0.722. The number of aromatic amines is 1. The number of carbonyl (C=O) groups is 2. The maximum absolute atomic E-state index is 11.1. The molecule has 2 aromatic rings. The van der Waals surface area contributed by atoms with Gasteiger partial charge in [-0.3, -0.25) is 9.59 Å². The van der Waals surface area contributed by atoms with Crippen LogP contribution >= 0.6 is 11.3 Å². The average molecular weight is 209 g/mol. The number of hydrogen-bond donors (Lipinski definition) is 2. The Morgan fingerprint density at radius 1 is 1.57 bits per heavy atom. The van der Waals surface area contributed by atoms with Crippen LogP contribution in [0.3, 0.4) is 0 Å². The third-order valence-corrected chi connectivity index (χ3v) is 2.98. The van der Waals surface area contributed by atoms with Gasteiger partial charge < -0.3 is 10.1 Å². The van der Waals surface area contributed by atoms with Crippen LogP contribution in [0.2, 0.25) is 0 Å². The van der Waals surface area contributed by atoms with Crippen LogP contribution in [0.1, 0.15) is 20.2 Å². The van der Waals surface area contributed by atoms with E-state index in [9.17, 15) is 9.59 Å². The van der Waals surface area contributed by atoms with Crippen molar-refractivity contribution in [2.75, 3.05) is 6.61 Å². The maximum Gasteiger partial charge on any atom is 0.198 e. The number of aromatic nitrogens is 1. The van der Waals surface area contributed by atoms with Crippen molar-refractivity contribution in [3.63, 3.8) is 0 Å². The highest BCUT2D eigenvalue weighted by molar-refractivity contribution is 7.20. The number of fused-ring (bicyclic) bond motifs is 1. The number of hydrogen-bond acceptors (Lipinski definition) is 4. The standard InChI is InChI=1S/C9H7NO3S/c11-3-6-1-5-2-8(7(13)4-12)14-9(5)10-6/h1-3,10,12H,4H2. The summed E-state index contributed by atoms with van der Waals surface area (Å²) in [5, 5.41) is 9.47.